The lowest BCUT2D eigenvalue weighted by Crippen LogP contribution is -2.48. The number of rotatable bonds is 5. The SMILES string of the molecule is CCCCCCc1nc2c([nH]1)CN(C)C1=N[C@@H]3CCC[C@@H]3N12. The van der Waals surface area contributed by atoms with E-state index in [-0.39, 0.29) is 0 Å². The molecule has 3 heterocycles. The fourth-order valence-corrected chi connectivity index (χ4v) is 4.17. The Balaban J connectivity index is 1.55. The molecule has 0 aromatic carbocycles. The highest BCUT2D eigenvalue weighted by molar-refractivity contribution is 6.00. The van der Waals surface area contributed by atoms with Crippen molar-refractivity contribution in [1.82, 2.24) is 14.9 Å². The van der Waals surface area contributed by atoms with Crippen molar-refractivity contribution in [1.29, 1.82) is 0 Å². The molecule has 1 aromatic heterocycles. The van der Waals surface area contributed by atoms with Crippen molar-refractivity contribution in [2.24, 2.45) is 4.99 Å². The van der Waals surface area contributed by atoms with Gasteiger partial charge in [-0.05, 0) is 25.7 Å². The highest BCUT2D eigenvalue weighted by Crippen LogP contribution is 2.39. The third kappa shape index (κ3) is 2.22. The fraction of sp³-hybridized carbons (Fsp3) is 0.765. The number of imidazole rings is 1. The zero-order chi connectivity index (χ0) is 15.1. The number of aromatic nitrogens is 2. The zero-order valence-electron chi connectivity index (χ0n) is 13.8. The first-order valence-electron chi connectivity index (χ1n) is 8.94. The van der Waals surface area contributed by atoms with Crippen LogP contribution in [0.3, 0.4) is 0 Å². The van der Waals surface area contributed by atoms with Crippen LogP contribution in [-0.2, 0) is 13.0 Å². The molecule has 0 saturated heterocycles. The Morgan fingerprint density at radius 2 is 2.14 bits per heavy atom. The van der Waals surface area contributed by atoms with Crippen molar-refractivity contribution in [3.05, 3.63) is 11.5 Å². The summed E-state index contributed by atoms with van der Waals surface area (Å²) in [4.78, 5) is 18.2. The Morgan fingerprint density at radius 1 is 1.23 bits per heavy atom. The van der Waals surface area contributed by atoms with E-state index in [1.54, 1.807) is 0 Å². The third-order valence-corrected chi connectivity index (χ3v) is 5.31. The number of aryl methyl sites for hydroxylation is 1. The van der Waals surface area contributed by atoms with Crippen LogP contribution in [0.1, 0.15) is 63.4 Å². The first-order chi connectivity index (χ1) is 10.8. The van der Waals surface area contributed by atoms with Gasteiger partial charge in [-0.3, -0.25) is 4.90 Å². The summed E-state index contributed by atoms with van der Waals surface area (Å²) in [6.45, 7) is 3.17. The summed E-state index contributed by atoms with van der Waals surface area (Å²) in [6.07, 6.45) is 10.0. The molecule has 1 aromatic rings. The second-order valence-electron chi connectivity index (χ2n) is 7.02. The number of anilines is 1. The van der Waals surface area contributed by atoms with E-state index in [1.165, 1.54) is 50.6 Å². The Morgan fingerprint density at radius 3 is 3.00 bits per heavy atom. The number of hydrogen-bond acceptors (Lipinski definition) is 4. The van der Waals surface area contributed by atoms with Gasteiger partial charge in [0, 0.05) is 13.5 Å². The van der Waals surface area contributed by atoms with Crippen LogP contribution < -0.4 is 4.90 Å². The maximum atomic E-state index is 4.96. The average molecular weight is 301 g/mol. The van der Waals surface area contributed by atoms with Crippen LogP contribution in [0, 0.1) is 0 Å². The van der Waals surface area contributed by atoms with Crippen LogP contribution in [0.15, 0.2) is 4.99 Å². The number of aromatic amines is 1. The summed E-state index contributed by atoms with van der Waals surface area (Å²) >= 11 is 0. The van der Waals surface area contributed by atoms with E-state index < -0.39 is 0 Å². The van der Waals surface area contributed by atoms with Gasteiger partial charge in [0.15, 0.2) is 5.82 Å². The molecule has 0 unspecified atom stereocenters. The van der Waals surface area contributed by atoms with Crippen molar-refractivity contribution >= 4 is 11.8 Å². The van der Waals surface area contributed by atoms with Crippen molar-refractivity contribution < 1.29 is 0 Å². The van der Waals surface area contributed by atoms with Crippen LogP contribution in [0.25, 0.3) is 0 Å². The number of fused-ring (bicyclic) bond motifs is 5. The molecule has 2 atom stereocenters. The Kier molecular flexibility index (Phi) is 3.59. The number of H-pyrrole nitrogens is 1. The van der Waals surface area contributed by atoms with E-state index in [4.69, 9.17) is 9.98 Å². The molecule has 1 aliphatic carbocycles. The van der Waals surface area contributed by atoms with E-state index in [0.717, 1.165) is 30.6 Å². The first-order valence-corrected chi connectivity index (χ1v) is 8.94. The molecule has 0 radical (unpaired) electrons. The van der Waals surface area contributed by atoms with Crippen molar-refractivity contribution in [3.63, 3.8) is 0 Å². The number of aliphatic imine (C=N–C) groups is 1. The summed E-state index contributed by atoms with van der Waals surface area (Å²) in [6, 6.07) is 1.04. The molecule has 0 spiro atoms. The van der Waals surface area contributed by atoms with Crippen molar-refractivity contribution in [2.45, 2.75) is 76.9 Å². The van der Waals surface area contributed by atoms with Crippen molar-refractivity contribution in [3.8, 4) is 0 Å². The van der Waals surface area contributed by atoms with Gasteiger partial charge in [-0.15, -0.1) is 0 Å². The van der Waals surface area contributed by atoms with E-state index in [1.807, 2.05) is 0 Å². The number of nitrogens with zero attached hydrogens (tertiary/aromatic N) is 4. The molecule has 120 valence electrons. The second-order valence-corrected chi connectivity index (χ2v) is 7.02. The summed E-state index contributed by atoms with van der Waals surface area (Å²) < 4.78 is 0. The minimum Gasteiger partial charge on any atom is -0.343 e. The van der Waals surface area contributed by atoms with Gasteiger partial charge in [-0.2, -0.15) is 0 Å². The zero-order valence-corrected chi connectivity index (χ0v) is 13.8. The van der Waals surface area contributed by atoms with Crippen LogP contribution in [0.2, 0.25) is 0 Å². The predicted molar refractivity (Wildman–Crippen MR) is 89.2 cm³/mol. The Hall–Kier alpha value is -1.52. The molecular weight excluding hydrogens is 274 g/mol. The molecule has 4 rings (SSSR count). The summed E-state index contributed by atoms with van der Waals surface area (Å²) in [5, 5.41) is 0. The number of guanidine groups is 1. The molecular formula is C17H27N5. The molecule has 1 N–H and O–H groups in total. The lowest BCUT2D eigenvalue weighted by Gasteiger charge is -2.35. The highest BCUT2D eigenvalue weighted by Gasteiger charge is 2.45. The minimum atomic E-state index is 0.494. The van der Waals surface area contributed by atoms with Crippen molar-refractivity contribution in [2.75, 3.05) is 11.9 Å². The minimum absolute atomic E-state index is 0.494. The van der Waals surface area contributed by atoms with E-state index >= 15 is 0 Å². The molecule has 0 bridgehead atoms. The first kappa shape index (κ1) is 14.1. The molecule has 1 saturated carbocycles. The molecule has 3 aliphatic rings. The molecule has 1 fully saturated rings. The van der Waals surface area contributed by atoms with Crippen LogP contribution in [0.4, 0.5) is 5.82 Å². The number of hydrogen-bond donors (Lipinski definition) is 1. The topological polar surface area (TPSA) is 47.5 Å². The Bertz CT molecular complexity index is 576. The fourth-order valence-electron chi connectivity index (χ4n) is 4.17. The maximum absolute atomic E-state index is 4.96. The summed E-state index contributed by atoms with van der Waals surface area (Å²) in [7, 11) is 2.15. The average Bonchev–Trinajstić information content (AvgIpc) is 3.16. The van der Waals surface area contributed by atoms with E-state index in [9.17, 15) is 0 Å². The molecule has 5 heteroatoms. The lowest BCUT2D eigenvalue weighted by molar-refractivity contribution is 0.468. The van der Waals surface area contributed by atoms with Crippen LogP contribution >= 0.6 is 0 Å². The smallest absolute Gasteiger partial charge is 0.203 e. The van der Waals surface area contributed by atoms with Gasteiger partial charge in [-0.1, -0.05) is 26.2 Å². The predicted octanol–water partition coefficient (Wildman–Crippen LogP) is 3.08. The van der Waals surface area contributed by atoms with Gasteiger partial charge in [-0.25, -0.2) is 9.98 Å². The maximum Gasteiger partial charge on any atom is 0.203 e. The number of unbranched alkanes of at least 4 members (excludes halogenated alkanes) is 3. The third-order valence-electron chi connectivity index (χ3n) is 5.31. The lowest BCUT2D eigenvalue weighted by atomic mass is 10.1. The van der Waals surface area contributed by atoms with Gasteiger partial charge < -0.3 is 9.88 Å². The van der Waals surface area contributed by atoms with Crippen LogP contribution in [-0.4, -0.2) is 40.0 Å². The molecule has 2 aliphatic heterocycles. The van der Waals surface area contributed by atoms with Gasteiger partial charge in [0.25, 0.3) is 0 Å². The van der Waals surface area contributed by atoms with E-state index in [2.05, 4.69) is 28.8 Å². The normalized spacial score (nSPS) is 26.0. The summed E-state index contributed by atoms with van der Waals surface area (Å²) in [5.41, 5.74) is 1.28. The monoisotopic (exact) mass is 301 g/mol. The van der Waals surface area contributed by atoms with Gasteiger partial charge >= 0.3 is 0 Å². The number of nitrogens with one attached hydrogen (secondary N) is 1. The summed E-state index contributed by atoms with van der Waals surface area (Å²) in [5.74, 6) is 3.47. The van der Waals surface area contributed by atoms with Gasteiger partial charge in [0.1, 0.15) is 5.82 Å². The standard InChI is InChI=1S/C17H27N5/c1-3-4-5-6-10-15-18-13-11-21(2)17-19-12-8-7-9-14(12)22(17)16(13)20-15/h12,14H,3-11H2,1-2H3,(H,18,20)/t12-,14+/m1/s1. The largest absolute Gasteiger partial charge is 0.343 e. The quantitative estimate of drug-likeness (QED) is 0.850. The Labute approximate surface area is 132 Å². The van der Waals surface area contributed by atoms with Gasteiger partial charge in [0.2, 0.25) is 5.96 Å². The highest BCUT2D eigenvalue weighted by atomic mass is 15.5. The van der Waals surface area contributed by atoms with Crippen LogP contribution in [0.5, 0.6) is 0 Å². The van der Waals surface area contributed by atoms with E-state index in [0.29, 0.717) is 12.1 Å². The molecule has 22 heavy (non-hydrogen) atoms. The van der Waals surface area contributed by atoms with Gasteiger partial charge in [0.05, 0.1) is 24.3 Å². The molecule has 0 amide bonds. The molecule has 5 nitrogen and oxygen atoms in total. The second kappa shape index (κ2) is 5.60.